The molecule has 160 valence electrons. The smallest absolute Gasteiger partial charge is 0.249 e. The molecule has 0 aliphatic rings. The molecule has 1 amide bonds. The predicted octanol–water partition coefficient (Wildman–Crippen LogP) is 3.78. The van der Waals surface area contributed by atoms with E-state index in [1.54, 1.807) is 4.52 Å². The van der Waals surface area contributed by atoms with Gasteiger partial charge < -0.3 is 9.42 Å². The maximum Gasteiger partial charge on any atom is 0.249 e. The van der Waals surface area contributed by atoms with E-state index in [0.29, 0.717) is 16.9 Å². The average Bonchev–Trinajstić information content (AvgIpc) is 3.36. The summed E-state index contributed by atoms with van der Waals surface area (Å²) in [6.07, 6.45) is 2.01. The number of para-hydroxylation sites is 1. The van der Waals surface area contributed by atoms with E-state index in [1.807, 2.05) is 68.8 Å². The third kappa shape index (κ3) is 3.95. The Balaban J connectivity index is 1.37. The molecule has 8 heteroatoms. The van der Waals surface area contributed by atoms with Crippen LogP contribution in [0.1, 0.15) is 11.3 Å². The molecule has 1 N–H and O–H groups in total. The molecule has 0 atom stereocenters. The highest BCUT2D eigenvalue weighted by Crippen LogP contribution is 2.25. The minimum absolute atomic E-state index is 0.0791. The van der Waals surface area contributed by atoms with Crippen LogP contribution in [0, 0.1) is 0 Å². The Morgan fingerprint density at radius 1 is 1.06 bits per heavy atom. The Morgan fingerprint density at radius 3 is 2.75 bits per heavy atom. The van der Waals surface area contributed by atoms with Gasteiger partial charge in [-0.05, 0) is 49.5 Å². The third-order valence-corrected chi connectivity index (χ3v) is 5.18. The van der Waals surface area contributed by atoms with Gasteiger partial charge in [0.15, 0.2) is 11.2 Å². The second-order valence-electron chi connectivity index (χ2n) is 7.90. The van der Waals surface area contributed by atoms with Crippen molar-refractivity contribution in [2.24, 2.45) is 0 Å². The van der Waals surface area contributed by atoms with Crippen LogP contribution in [0.2, 0.25) is 0 Å². The second-order valence-corrected chi connectivity index (χ2v) is 7.90. The topological polar surface area (TPSA) is 88.6 Å². The predicted molar refractivity (Wildman–Crippen MR) is 122 cm³/mol. The lowest BCUT2D eigenvalue weighted by Gasteiger charge is -2.14. The van der Waals surface area contributed by atoms with E-state index >= 15 is 0 Å². The summed E-state index contributed by atoms with van der Waals surface area (Å²) in [5.41, 5.74) is 5.30. The standard InChI is InChI=1S/C24H22N6O2/c1-29(2)14-16-7-3-4-8-18(16)17-11-12-22-25-24(27-30(22)15-17)26-23(31)13-20-19-9-5-6-10-21(19)32-28-20/h3-12,15H,13-14H2,1-2H3,(H,26,27,31). The number of carbonyl (C=O) groups is 1. The van der Waals surface area contributed by atoms with Crippen molar-refractivity contribution in [3.8, 4) is 11.1 Å². The number of hydrogen-bond acceptors (Lipinski definition) is 6. The van der Waals surface area contributed by atoms with E-state index in [-0.39, 0.29) is 18.3 Å². The van der Waals surface area contributed by atoms with Crippen LogP contribution >= 0.6 is 0 Å². The van der Waals surface area contributed by atoms with E-state index in [1.165, 1.54) is 5.56 Å². The molecule has 0 spiro atoms. The van der Waals surface area contributed by atoms with Gasteiger partial charge in [0, 0.05) is 23.7 Å². The van der Waals surface area contributed by atoms with Crippen LogP contribution in [0.4, 0.5) is 5.95 Å². The van der Waals surface area contributed by atoms with Crippen molar-refractivity contribution in [2.45, 2.75) is 13.0 Å². The molecule has 2 aromatic carbocycles. The Morgan fingerprint density at radius 2 is 1.88 bits per heavy atom. The van der Waals surface area contributed by atoms with Gasteiger partial charge in [0.25, 0.3) is 0 Å². The largest absolute Gasteiger partial charge is 0.356 e. The van der Waals surface area contributed by atoms with Crippen molar-refractivity contribution in [1.82, 2.24) is 24.7 Å². The molecule has 5 rings (SSSR count). The fourth-order valence-corrected chi connectivity index (χ4v) is 3.76. The van der Waals surface area contributed by atoms with Crippen LogP contribution < -0.4 is 5.32 Å². The number of amides is 1. The first-order chi connectivity index (χ1) is 15.6. The molecule has 0 aliphatic carbocycles. The van der Waals surface area contributed by atoms with Gasteiger partial charge in [-0.1, -0.05) is 41.6 Å². The van der Waals surface area contributed by atoms with Crippen LogP contribution in [0.5, 0.6) is 0 Å². The summed E-state index contributed by atoms with van der Waals surface area (Å²) >= 11 is 0. The van der Waals surface area contributed by atoms with Crippen molar-refractivity contribution in [3.63, 3.8) is 0 Å². The van der Waals surface area contributed by atoms with Gasteiger partial charge in [0.1, 0.15) is 5.69 Å². The number of hydrogen-bond donors (Lipinski definition) is 1. The van der Waals surface area contributed by atoms with Gasteiger partial charge in [0.05, 0.1) is 6.42 Å². The molecule has 0 aliphatic heterocycles. The van der Waals surface area contributed by atoms with Gasteiger partial charge >= 0.3 is 0 Å². The number of aromatic nitrogens is 4. The summed E-state index contributed by atoms with van der Waals surface area (Å²) in [7, 11) is 4.10. The highest BCUT2D eigenvalue weighted by molar-refractivity contribution is 5.93. The van der Waals surface area contributed by atoms with Gasteiger partial charge in [-0.25, -0.2) is 4.52 Å². The summed E-state index contributed by atoms with van der Waals surface area (Å²) < 4.78 is 6.95. The minimum Gasteiger partial charge on any atom is -0.356 e. The maximum atomic E-state index is 12.5. The Bertz CT molecular complexity index is 1420. The van der Waals surface area contributed by atoms with Crippen LogP contribution in [-0.4, -0.2) is 44.7 Å². The Labute approximate surface area is 184 Å². The van der Waals surface area contributed by atoms with Crippen molar-refractivity contribution in [2.75, 3.05) is 19.4 Å². The van der Waals surface area contributed by atoms with Gasteiger partial charge in [-0.15, -0.1) is 5.10 Å². The van der Waals surface area contributed by atoms with Gasteiger partial charge in [-0.3, -0.25) is 10.1 Å². The Kier molecular flexibility index (Phi) is 5.12. The zero-order valence-electron chi connectivity index (χ0n) is 17.8. The van der Waals surface area contributed by atoms with E-state index in [9.17, 15) is 4.79 Å². The lowest BCUT2D eigenvalue weighted by Crippen LogP contribution is -2.15. The summed E-state index contributed by atoms with van der Waals surface area (Å²) in [5.74, 6) is -0.00182. The Hall–Kier alpha value is -4.04. The molecule has 0 fully saturated rings. The van der Waals surface area contributed by atoms with E-state index in [4.69, 9.17) is 4.52 Å². The SMILES string of the molecule is CN(C)Cc1ccccc1-c1ccc2nc(NC(=O)Cc3noc4ccccc34)nn2c1. The molecule has 5 aromatic rings. The lowest BCUT2D eigenvalue weighted by atomic mass is 10.0. The summed E-state index contributed by atoms with van der Waals surface area (Å²) in [4.78, 5) is 19.1. The monoisotopic (exact) mass is 426 g/mol. The van der Waals surface area contributed by atoms with Crippen LogP contribution in [-0.2, 0) is 17.8 Å². The number of nitrogens with one attached hydrogen (secondary N) is 1. The maximum absolute atomic E-state index is 12.5. The first kappa shape index (κ1) is 19.9. The first-order valence-corrected chi connectivity index (χ1v) is 10.3. The molecule has 0 unspecified atom stereocenters. The quantitative estimate of drug-likeness (QED) is 0.445. The molecule has 3 aromatic heterocycles. The molecule has 0 radical (unpaired) electrons. The van der Waals surface area contributed by atoms with Crippen LogP contribution in [0.15, 0.2) is 71.4 Å². The first-order valence-electron chi connectivity index (χ1n) is 10.3. The number of anilines is 1. The molecule has 32 heavy (non-hydrogen) atoms. The fourth-order valence-electron chi connectivity index (χ4n) is 3.76. The molecule has 0 saturated carbocycles. The number of nitrogens with zero attached hydrogens (tertiary/aromatic N) is 5. The van der Waals surface area contributed by atoms with Crippen molar-refractivity contribution in [1.29, 1.82) is 0 Å². The molecule has 3 heterocycles. The zero-order chi connectivity index (χ0) is 22.1. The summed E-state index contributed by atoms with van der Waals surface area (Å²) in [6.45, 7) is 0.837. The number of pyridine rings is 1. The zero-order valence-corrected chi connectivity index (χ0v) is 17.8. The fraction of sp³-hybridized carbons (Fsp3) is 0.167. The molecular weight excluding hydrogens is 404 g/mol. The van der Waals surface area contributed by atoms with Crippen LogP contribution in [0.25, 0.3) is 27.7 Å². The highest BCUT2D eigenvalue weighted by atomic mass is 16.5. The lowest BCUT2D eigenvalue weighted by molar-refractivity contribution is -0.115. The molecular formula is C24H22N6O2. The average molecular weight is 426 g/mol. The second kappa shape index (κ2) is 8.24. The number of fused-ring (bicyclic) bond motifs is 2. The van der Waals surface area contributed by atoms with Crippen LogP contribution in [0.3, 0.4) is 0 Å². The molecule has 0 bridgehead atoms. The molecule has 8 nitrogen and oxygen atoms in total. The van der Waals surface area contributed by atoms with E-state index in [0.717, 1.165) is 23.1 Å². The molecule has 0 saturated heterocycles. The van der Waals surface area contributed by atoms with Gasteiger partial charge in [-0.2, -0.15) is 4.98 Å². The van der Waals surface area contributed by atoms with Crippen molar-refractivity contribution < 1.29 is 9.32 Å². The van der Waals surface area contributed by atoms with Gasteiger partial charge in [0.2, 0.25) is 11.9 Å². The number of carbonyl (C=O) groups excluding carboxylic acids is 1. The summed E-state index contributed by atoms with van der Waals surface area (Å²) in [5, 5.41) is 12.0. The summed E-state index contributed by atoms with van der Waals surface area (Å²) in [6, 6.07) is 19.7. The van der Waals surface area contributed by atoms with E-state index in [2.05, 4.69) is 37.6 Å². The third-order valence-electron chi connectivity index (χ3n) is 5.18. The normalized spacial score (nSPS) is 11.5. The number of benzene rings is 2. The number of rotatable bonds is 6. The van der Waals surface area contributed by atoms with Crippen molar-refractivity contribution in [3.05, 3.63) is 78.1 Å². The minimum atomic E-state index is -0.253. The highest BCUT2D eigenvalue weighted by Gasteiger charge is 2.15. The van der Waals surface area contributed by atoms with Crippen molar-refractivity contribution >= 4 is 28.5 Å². The van der Waals surface area contributed by atoms with E-state index < -0.39 is 0 Å².